The van der Waals surface area contributed by atoms with E-state index in [0.29, 0.717) is 19.2 Å². The fraction of sp³-hybridized carbons (Fsp3) is 0.714. The number of likely N-dealkylation sites (tertiary alicyclic amines) is 1. The van der Waals surface area contributed by atoms with Gasteiger partial charge in [0.05, 0.1) is 18.6 Å². The Morgan fingerprint density at radius 3 is 2.95 bits per heavy atom. The van der Waals surface area contributed by atoms with Crippen molar-refractivity contribution in [1.82, 2.24) is 14.5 Å². The van der Waals surface area contributed by atoms with Gasteiger partial charge in [-0.3, -0.25) is 9.69 Å². The SMILES string of the molecule is COCC1(C(N)=O)CCCN1Cc1cncn1C(C)C. The highest BCUT2D eigenvalue weighted by Gasteiger charge is 2.46. The van der Waals surface area contributed by atoms with Gasteiger partial charge in [-0.1, -0.05) is 0 Å². The Labute approximate surface area is 119 Å². The van der Waals surface area contributed by atoms with Crippen LogP contribution >= 0.6 is 0 Å². The Morgan fingerprint density at radius 2 is 2.35 bits per heavy atom. The molecule has 0 aromatic carbocycles. The highest BCUT2D eigenvalue weighted by Crippen LogP contribution is 2.31. The van der Waals surface area contributed by atoms with Crippen LogP contribution in [-0.4, -0.2) is 46.2 Å². The van der Waals surface area contributed by atoms with Crippen LogP contribution in [0.5, 0.6) is 0 Å². The zero-order valence-corrected chi connectivity index (χ0v) is 12.5. The average Bonchev–Trinajstić information content (AvgIpc) is 2.98. The summed E-state index contributed by atoms with van der Waals surface area (Å²) in [6.45, 7) is 6.11. The Bertz CT molecular complexity index is 471. The molecule has 1 aromatic rings. The van der Waals surface area contributed by atoms with Crippen LogP contribution in [0.4, 0.5) is 0 Å². The molecule has 0 bridgehead atoms. The number of hydrogen-bond acceptors (Lipinski definition) is 4. The predicted molar refractivity (Wildman–Crippen MR) is 76.1 cm³/mol. The molecular formula is C14H24N4O2. The van der Waals surface area contributed by atoms with Gasteiger partial charge >= 0.3 is 0 Å². The van der Waals surface area contributed by atoms with Crippen LogP contribution in [0.25, 0.3) is 0 Å². The highest BCUT2D eigenvalue weighted by atomic mass is 16.5. The standard InChI is InChI=1S/C14H24N4O2/c1-11(2)18-10-16-7-12(18)8-17-6-4-5-14(17,9-20-3)13(15)19/h7,10-11H,4-6,8-9H2,1-3H3,(H2,15,19). The van der Waals surface area contributed by atoms with Crippen LogP contribution in [-0.2, 0) is 16.1 Å². The van der Waals surface area contributed by atoms with Crippen LogP contribution in [0.1, 0.15) is 38.4 Å². The maximum absolute atomic E-state index is 11.9. The monoisotopic (exact) mass is 280 g/mol. The first-order chi connectivity index (χ1) is 9.51. The van der Waals surface area contributed by atoms with E-state index in [4.69, 9.17) is 10.5 Å². The van der Waals surface area contributed by atoms with E-state index in [9.17, 15) is 4.79 Å². The van der Waals surface area contributed by atoms with E-state index in [0.717, 1.165) is 25.1 Å². The number of aromatic nitrogens is 2. The molecule has 1 saturated heterocycles. The Hall–Kier alpha value is -1.40. The van der Waals surface area contributed by atoms with Gasteiger partial charge in [0.1, 0.15) is 5.54 Å². The number of rotatable bonds is 6. The molecule has 0 saturated carbocycles. The Balaban J connectivity index is 2.22. The van der Waals surface area contributed by atoms with Gasteiger partial charge in [-0.15, -0.1) is 0 Å². The first-order valence-electron chi connectivity index (χ1n) is 7.06. The van der Waals surface area contributed by atoms with Gasteiger partial charge in [0.2, 0.25) is 5.91 Å². The normalized spacial score (nSPS) is 23.6. The molecule has 1 aliphatic heterocycles. The molecule has 1 amide bonds. The van der Waals surface area contributed by atoms with Gasteiger partial charge < -0.3 is 15.0 Å². The summed E-state index contributed by atoms with van der Waals surface area (Å²) in [5, 5.41) is 0. The van der Waals surface area contributed by atoms with Gasteiger partial charge in [-0.05, 0) is 33.2 Å². The number of ether oxygens (including phenoxy) is 1. The number of carbonyl (C=O) groups is 1. The average molecular weight is 280 g/mol. The fourth-order valence-electron chi connectivity index (χ4n) is 3.03. The van der Waals surface area contributed by atoms with Crippen LogP contribution < -0.4 is 5.73 Å². The van der Waals surface area contributed by atoms with Crippen molar-refractivity contribution in [2.45, 2.75) is 44.8 Å². The molecule has 2 rings (SSSR count). The molecule has 20 heavy (non-hydrogen) atoms. The second-order valence-electron chi connectivity index (χ2n) is 5.74. The molecule has 0 spiro atoms. The van der Waals surface area contributed by atoms with Crippen LogP contribution in [0, 0.1) is 0 Å². The molecule has 0 radical (unpaired) electrons. The van der Waals surface area contributed by atoms with Gasteiger partial charge in [0.25, 0.3) is 0 Å². The summed E-state index contributed by atoms with van der Waals surface area (Å²) in [6, 6.07) is 0.348. The lowest BCUT2D eigenvalue weighted by Gasteiger charge is -2.35. The Kier molecular flexibility index (Phi) is 4.45. The lowest BCUT2D eigenvalue weighted by molar-refractivity contribution is -0.132. The molecule has 1 aromatic heterocycles. The number of imidazole rings is 1. The largest absolute Gasteiger partial charge is 0.382 e. The third-order valence-electron chi connectivity index (χ3n) is 4.12. The van der Waals surface area contributed by atoms with Crippen LogP contribution in [0.3, 0.4) is 0 Å². The van der Waals surface area contributed by atoms with E-state index < -0.39 is 5.54 Å². The van der Waals surface area contributed by atoms with E-state index in [1.165, 1.54) is 0 Å². The molecule has 2 heterocycles. The fourth-order valence-corrected chi connectivity index (χ4v) is 3.03. The van der Waals surface area contributed by atoms with Crippen molar-refractivity contribution in [3.63, 3.8) is 0 Å². The Morgan fingerprint density at radius 1 is 1.60 bits per heavy atom. The zero-order valence-electron chi connectivity index (χ0n) is 12.5. The molecule has 1 unspecified atom stereocenters. The third-order valence-corrected chi connectivity index (χ3v) is 4.12. The summed E-state index contributed by atoms with van der Waals surface area (Å²) >= 11 is 0. The minimum absolute atomic E-state index is 0.299. The molecule has 6 heteroatoms. The summed E-state index contributed by atoms with van der Waals surface area (Å²) in [6.07, 6.45) is 5.41. The van der Waals surface area contributed by atoms with Gasteiger partial charge in [-0.2, -0.15) is 0 Å². The second kappa shape index (κ2) is 5.93. The number of primary amides is 1. The first kappa shape index (κ1) is 15.0. The number of carbonyl (C=O) groups excluding carboxylic acids is 1. The van der Waals surface area contributed by atoms with Crippen molar-refractivity contribution in [1.29, 1.82) is 0 Å². The number of hydrogen-bond donors (Lipinski definition) is 1. The van der Waals surface area contributed by atoms with Gasteiger partial charge in [-0.25, -0.2) is 4.98 Å². The molecule has 1 fully saturated rings. The quantitative estimate of drug-likeness (QED) is 0.841. The number of nitrogens with zero attached hydrogens (tertiary/aromatic N) is 3. The molecule has 112 valence electrons. The maximum atomic E-state index is 11.9. The minimum atomic E-state index is -0.680. The summed E-state index contributed by atoms with van der Waals surface area (Å²) < 4.78 is 7.37. The van der Waals surface area contributed by atoms with E-state index in [1.807, 2.05) is 12.5 Å². The van der Waals surface area contributed by atoms with Crippen molar-refractivity contribution in [2.75, 3.05) is 20.3 Å². The van der Waals surface area contributed by atoms with Crippen LogP contribution in [0.2, 0.25) is 0 Å². The van der Waals surface area contributed by atoms with E-state index in [1.54, 1.807) is 7.11 Å². The van der Waals surface area contributed by atoms with E-state index in [-0.39, 0.29) is 5.91 Å². The van der Waals surface area contributed by atoms with Gasteiger partial charge in [0, 0.05) is 25.9 Å². The lowest BCUT2D eigenvalue weighted by atomic mass is 9.96. The molecule has 6 nitrogen and oxygen atoms in total. The topological polar surface area (TPSA) is 73.4 Å². The number of nitrogens with two attached hydrogens (primary N) is 1. The maximum Gasteiger partial charge on any atom is 0.240 e. The minimum Gasteiger partial charge on any atom is -0.382 e. The first-order valence-corrected chi connectivity index (χ1v) is 7.06. The third kappa shape index (κ3) is 2.58. The van der Waals surface area contributed by atoms with Crippen molar-refractivity contribution in [3.8, 4) is 0 Å². The van der Waals surface area contributed by atoms with Crippen LogP contribution in [0.15, 0.2) is 12.5 Å². The summed E-state index contributed by atoms with van der Waals surface area (Å²) in [4.78, 5) is 18.3. The summed E-state index contributed by atoms with van der Waals surface area (Å²) in [5.41, 5.74) is 6.07. The molecule has 1 atom stereocenters. The summed E-state index contributed by atoms with van der Waals surface area (Å²) in [7, 11) is 1.61. The van der Waals surface area contributed by atoms with Gasteiger partial charge in [0.15, 0.2) is 0 Å². The van der Waals surface area contributed by atoms with Crippen molar-refractivity contribution in [2.24, 2.45) is 5.73 Å². The summed E-state index contributed by atoms with van der Waals surface area (Å²) in [5.74, 6) is -0.299. The molecule has 0 aliphatic carbocycles. The molecule has 2 N–H and O–H groups in total. The smallest absolute Gasteiger partial charge is 0.240 e. The van der Waals surface area contributed by atoms with E-state index >= 15 is 0 Å². The lowest BCUT2D eigenvalue weighted by Crippen LogP contribution is -2.56. The van der Waals surface area contributed by atoms with E-state index in [2.05, 4.69) is 28.3 Å². The van der Waals surface area contributed by atoms with Crippen molar-refractivity contribution >= 4 is 5.91 Å². The highest BCUT2D eigenvalue weighted by molar-refractivity contribution is 5.85. The van der Waals surface area contributed by atoms with Crippen molar-refractivity contribution < 1.29 is 9.53 Å². The zero-order chi connectivity index (χ0) is 14.8. The van der Waals surface area contributed by atoms with Crippen molar-refractivity contribution in [3.05, 3.63) is 18.2 Å². The molecular weight excluding hydrogens is 256 g/mol. The predicted octanol–water partition coefficient (Wildman–Crippen LogP) is 0.930. The second-order valence-corrected chi connectivity index (χ2v) is 5.74. The number of methoxy groups -OCH3 is 1. The number of amides is 1. The molecule has 1 aliphatic rings.